The van der Waals surface area contributed by atoms with Crippen LogP contribution in [0, 0.1) is 0 Å². The molecule has 1 aromatic carbocycles. The molecule has 1 N–H and O–H groups in total. The van der Waals surface area contributed by atoms with E-state index < -0.39 is 0 Å². The summed E-state index contributed by atoms with van der Waals surface area (Å²) < 4.78 is 0. The van der Waals surface area contributed by atoms with Crippen LogP contribution in [-0.4, -0.2) is 24.1 Å². The monoisotopic (exact) mass is 179 g/mol. The minimum absolute atomic E-state index is 0.373. The highest BCUT2D eigenvalue weighted by molar-refractivity contribution is 5.24. The van der Waals surface area contributed by atoms with Crippen LogP contribution in [0.3, 0.4) is 0 Å². The number of hydrogen-bond donors (Lipinski definition) is 1. The molecule has 0 fully saturated rings. The summed E-state index contributed by atoms with van der Waals surface area (Å²) in [6, 6.07) is 8.06. The Bertz CT molecular complexity index is 269. The zero-order chi connectivity index (χ0) is 9.84. The predicted molar refractivity (Wildman–Crippen MR) is 54.5 cm³/mol. The molecule has 0 saturated carbocycles. The van der Waals surface area contributed by atoms with Crippen LogP contribution >= 0.6 is 0 Å². The van der Waals surface area contributed by atoms with E-state index in [0.29, 0.717) is 0 Å². The van der Waals surface area contributed by atoms with E-state index in [1.807, 2.05) is 32.3 Å². The molecule has 0 bridgehead atoms. The largest absolute Gasteiger partial charge is 0.389 e. The number of aliphatic hydroxyl groups excluding tert-OH is 1. The van der Waals surface area contributed by atoms with Crippen LogP contribution in [0.1, 0.15) is 24.2 Å². The smallest absolute Gasteiger partial charge is 0.0762 e. The molecule has 0 heterocycles. The summed E-state index contributed by atoms with van der Waals surface area (Å²) in [5.74, 6) is 0. The summed E-state index contributed by atoms with van der Waals surface area (Å²) in [5, 5.41) is 9.37. The van der Waals surface area contributed by atoms with Crippen LogP contribution in [0.5, 0.6) is 0 Å². The number of rotatable bonds is 3. The van der Waals surface area contributed by atoms with Gasteiger partial charge in [-0.05, 0) is 32.1 Å². The second-order valence-electron chi connectivity index (χ2n) is 3.66. The average molecular weight is 179 g/mol. The molecule has 13 heavy (non-hydrogen) atoms. The SMILES string of the molecule is C[C@H](O)c1cccc(CN(C)C)c1. The minimum Gasteiger partial charge on any atom is -0.389 e. The quantitative estimate of drug-likeness (QED) is 0.764. The number of benzene rings is 1. The predicted octanol–water partition coefficient (Wildman–Crippen LogP) is 1.80. The number of nitrogens with zero attached hydrogens (tertiary/aromatic N) is 1. The standard InChI is InChI=1S/C11H17NO/c1-9(13)11-6-4-5-10(7-11)8-12(2)3/h4-7,9,13H,8H2,1-3H3/t9-/m0/s1. The zero-order valence-electron chi connectivity index (χ0n) is 8.49. The molecule has 0 radical (unpaired) electrons. The Hall–Kier alpha value is -0.860. The maximum atomic E-state index is 9.37. The lowest BCUT2D eigenvalue weighted by molar-refractivity contribution is 0.199. The van der Waals surface area contributed by atoms with Gasteiger partial charge in [-0.3, -0.25) is 0 Å². The lowest BCUT2D eigenvalue weighted by Gasteiger charge is -2.11. The molecule has 1 atom stereocenters. The minimum atomic E-state index is -0.373. The summed E-state index contributed by atoms with van der Waals surface area (Å²) in [6.07, 6.45) is -0.373. The second-order valence-corrected chi connectivity index (χ2v) is 3.66. The van der Waals surface area contributed by atoms with Gasteiger partial charge in [0.05, 0.1) is 6.10 Å². The fraction of sp³-hybridized carbons (Fsp3) is 0.455. The van der Waals surface area contributed by atoms with Crippen LogP contribution in [-0.2, 0) is 6.54 Å². The van der Waals surface area contributed by atoms with Crippen molar-refractivity contribution in [3.63, 3.8) is 0 Å². The summed E-state index contributed by atoms with van der Waals surface area (Å²) in [7, 11) is 4.07. The van der Waals surface area contributed by atoms with E-state index in [0.717, 1.165) is 12.1 Å². The summed E-state index contributed by atoms with van der Waals surface area (Å²) >= 11 is 0. The van der Waals surface area contributed by atoms with Crippen molar-refractivity contribution in [3.8, 4) is 0 Å². The van der Waals surface area contributed by atoms with Crippen LogP contribution in [0.4, 0.5) is 0 Å². The van der Waals surface area contributed by atoms with Gasteiger partial charge < -0.3 is 10.0 Å². The second kappa shape index (κ2) is 4.40. The molecule has 72 valence electrons. The lowest BCUT2D eigenvalue weighted by Crippen LogP contribution is -2.10. The van der Waals surface area contributed by atoms with E-state index in [9.17, 15) is 5.11 Å². The highest BCUT2D eigenvalue weighted by Gasteiger charge is 2.01. The van der Waals surface area contributed by atoms with Crippen molar-refractivity contribution in [2.75, 3.05) is 14.1 Å². The Morgan fingerprint density at radius 2 is 2.08 bits per heavy atom. The topological polar surface area (TPSA) is 23.5 Å². The van der Waals surface area contributed by atoms with Crippen LogP contribution in [0.25, 0.3) is 0 Å². The Morgan fingerprint density at radius 1 is 1.38 bits per heavy atom. The number of aliphatic hydroxyl groups is 1. The third-order valence-corrected chi connectivity index (χ3v) is 1.93. The van der Waals surface area contributed by atoms with Gasteiger partial charge in [0, 0.05) is 6.54 Å². The molecule has 1 aromatic rings. The van der Waals surface area contributed by atoms with Crippen molar-refractivity contribution >= 4 is 0 Å². The van der Waals surface area contributed by atoms with Gasteiger partial charge in [-0.1, -0.05) is 24.3 Å². The van der Waals surface area contributed by atoms with E-state index in [4.69, 9.17) is 0 Å². The molecule has 2 nitrogen and oxygen atoms in total. The zero-order valence-corrected chi connectivity index (χ0v) is 8.49. The van der Waals surface area contributed by atoms with E-state index in [1.165, 1.54) is 5.56 Å². The van der Waals surface area contributed by atoms with Crippen molar-refractivity contribution < 1.29 is 5.11 Å². The Balaban J connectivity index is 2.79. The molecular formula is C11H17NO. The van der Waals surface area contributed by atoms with Gasteiger partial charge in [0.1, 0.15) is 0 Å². The van der Waals surface area contributed by atoms with Gasteiger partial charge in [-0.2, -0.15) is 0 Å². The van der Waals surface area contributed by atoms with E-state index >= 15 is 0 Å². The average Bonchev–Trinajstić information content (AvgIpc) is 2.03. The van der Waals surface area contributed by atoms with Crippen molar-refractivity contribution in [2.24, 2.45) is 0 Å². The highest BCUT2D eigenvalue weighted by Crippen LogP contribution is 2.14. The van der Waals surface area contributed by atoms with Gasteiger partial charge in [-0.15, -0.1) is 0 Å². The lowest BCUT2D eigenvalue weighted by atomic mass is 10.1. The highest BCUT2D eigenvalue weighted by atomic mass is 16.3. The van der Waals surface area contributed by atoms with Gasteiger partial charge in [-0.25, -0.2) is 0 Å². The van der Waals surface area contributed by atoms with Gasteiger partial charge >= 0.3 is 0 Å². The first-order valence-electron chi connectivity index (χ1n) is 4.51. The summed E-state index contributed by atoms with van der Waals surface area (Å²) in [4.78, 5) is 2.11. The molecule has 0 spiro atoms. The Labute approximate surface area is 79.8 Å². The Morgan fingerprint density at radius 3 is 2.62 bits per heavy atom. The molecule has 0 aliphatic carbocycles. The molecular weight excluding hydrogens is 162 g/mol. The molecule has 1 rings (SSSR count). The van der Waals surface area contributed by atoms with E-state index in [1.54, 1.807) is 6.92 Å². The first-order chi connectivity index (χ1) is 6.09. The van der Waals surface area contributed by atoms with Gasteiger partial charge in [0.2, 0.25) is 0 Å². The summed E-state index contributed by atoms with van der Waals surface area (Å²) in [5.41, 5.74) is 2.22. The molecule has 0 unspecified atom stereocenters. The fourth-order valence-corrected chi connectivity index (χ4v) is 1.32. The Kier molecular flexibility index (Phi) is 3.46. The fourth-order valence-electron chi connectivity index (χ4n) is 1.32. The molecule has 0 aromatic heterocycles. The van der Waals surface area contributed by atoms with Crippen LogP contribution < -0.4 is 0 Å². The molecule has 2 heteroatoms. The molecule has 0 saturated heterocycles. The van der Waals surface area contributed by atoms with E-state index in [2.05, 4.69) is 11.0 Å². The first kappa shape index (κ1) is 10.2. The van der Waals surface area contributed by atoms with Crippen molar-refractivity contribution in [2.45, 2.75) is 19.6 Å². The molecule has 0 aliphatic rings. The molecule has 0 amide bonds. The van der Waals surface area contributed by atoms with Crippen molar-refractivity contribution in [1.82, 2.24) is 4.90 Å². The third-order valence-electron chi connectivity index (χ3n) is 1.93. The van der Waals surface area contributed by atoms with Crippen molar-refractivity contribution in [1.29, 1.82) is 0 Å². The summed E-state index contributed by atoms with van der Waals surface area (Å²) in [6.45, 7) is 2.70. The van der Waals surface area contributed by atoms with E-state index in [-0.39, 0.29) is 6.10 Å². The maximum Gasteiger partial charge on any atom is 0.0762 e. The normalized spacial score (nSPS) is 13.3. The van der Waals surface area contributed by atoms with Gasteiger partial charge in [0.15, 0.2) is 0 Å². The third kappa shape index (κ3) is 3.17. The van der Waals surface area contributed by atoms with Crippen LogP contribution in [0.15, 0.2) is 24.3 Å². The molecule has 0 aliphatic heterocycles. The van der Waals surface area contributed by atoms with Crippen molar-refractivity contribution in [3.05, 3.63) is 35.4 Å². The number of hydrogen-bond acceptors (Lipinski definition) is 2. The van der Waals surface area contributed by atoms with Crippen LogP contribution in [0.2, 0.25) is 0 Å². The maximum absolute atomic E-state index is 9.37. The van der Waals surface area contributed by atoms with Gasteiger partial charge in [0.25, 0.3) is 0 Å². The first-order valence-corrected chi connectivity index (χ1v) is 4.51.